The van der Waals surface area contributed by atoms with Crippen molar-refractivity contribution < 1.29 is 28.6 Å². The number of carbonyl (C=O) groups excluding carboxylic acids is 3. The fraction of sp³-hybridized carbons (Fsp3) is 0.222. The molecule has 0 atom stereocenters. The van der Waals surface area contributed by atoms with Crippen LogP contribution in [0.4, 0.5) is 10.5 Å². The number of nitrogens with one attached hydrogen (secondary N) is 3. The first-order valence-corrected chi connectivity index (χ1v) is 11.3. The smallest absolute Gasteiger partial charge is 0.412 e. The van der Waals surface area contributed by atoms with Crippen LogP contribution in [0.1, 0.15) is 36.7 Å². The van der Waals surface area contributed by atoms with Crippen molar-refractivity contribution >= 4 is 23.6 Å². The number of anilines is 1. The molecule has 3 amide bonds. The summed E-state index contributed by atoms with van der Waals surface area (Å²) in [4.78, 5) is 36.4. The second-order valence-corrected chi connectivity index (χ2v) is 8.74. The Kier molecular flexibility index (Phi) is 8.88. The highest BCUT2D eigenvalue weighted by molar-refractivity contribution is 5.97. The van der Waals surface area contributed by atoms with Gasteiger partial charge in [-0.25, -0.2) is 4.79 Å². The van der Waals surface area contributed by atoms with Gasteiger partial charge in [0.25, 0.3) is 11.8 Å². The zero-order valence-corrected chi connectivity index (χ0v) is 20.4. The molecule has 0 aliphatic carbocycles. The molecule has 0 fully saturated rings. The van der Waals surface area contributed by atoms with Crippen LogP contribution >= 0.6 is 0 Å². The summed E-state index contributed by atoms with van der Waals surface area (Å²) in [5.41, 5.74) is 5.62. The normalized spacial score (nSPS) is 10.6. The summed E-state index contributed by atoms with van der Waals surface area (Å²) in [6.45, 7) is 5.40. The monoisotopic (exact) mass is 491 g/mol. The van der Waals surface area contributed by atoms with Gasteiger partial charge in [-0.05, 0) is 68.8 Å². The van der Waals surface area contributed by atoms with Gasteiger partial charge in [-0.1, -0.05) is 36.4 Å². The molecule has 9 nitrogen and oxygen atoms in total. The highest BCUT2D eigenvalue weighted by atomic mass is 16.6. The summed E-state index contributed by atoms with van der Waals surface area (Å²) in [6, 6.07) is 22.9. The SMILES string of the molecule is CC(C)(C)OC(=O)Nc1cccc(C(=O)NNC(=O)COc2ccc(OCc3ccccc3)cc2)c1. The molecule has 0 saturated heterocycles. The molecule has 0 aliphatic rings. The van der Waals surface area contributed by atoms with Gasteiger partial charge in [-0.15, -0.1) is 0 Å². The summed E-state index contributed by atoms with van der Waals surface area (Å²) >= 11 is 0. The minimum absolute atomic E-state index is 0.232. The van der Waals surface area contributed by atoms with Gasteiger partial charge in [0, 0.05) is 11.3 Å². The topological polar surface area (TPSA) is 115 Å². The second-order valence-electron chi connectivity index (χ2n) is 8.74. The number of rotatable bonds is 8. The van der Waals surface area contributed by atoms with Crippen molar-refractivity contribution in [3.8, 4) is 11.5 Å². The minimum atomic E-state index is -0.649. The van der Waals surface area contributed by atoms with Crippen molar-refractivity contribution in [3.63, 3.8) is 0 Å². The highest BCUT2D eigenvalue weighted by Crippen LogP contribution is 2.19. The Morgan fingerprint density at radius 1 is 0.778 bits per heavy atom. The zero-order chi connectivity index (χ0) is 26.0. The van der Waals surface area contributed by atoms with Crippen LogP contribution in [-0.4, -0.2) is 30.1 Å². The lowest BCUT2D eigenvalue weighted by atomic mass is 10.2. The van der Waals surface area contributed by atoms with E-state index >= 15 is 0 Å². The van der Waals surface area contributed by atoms with Gasteiger partial charge in [0.15, 0.2) is 6.61 Å². The van der Waals surface area contributed by atoms with Crippen LogP contribution < -0.4 is 25.6 Å². The minimum Gasteiger partial charge on any atom is -0.489 e. The Hall–Kier alpha value is -4.53. The molecular formula is C27H29N3O6. The standard InChI is InChI=1S/C27H29N3O6/c1-27(2,3)36-26(33)28-21-11-7-10-20(16-21)25(32)30-29-24(31)18-35-23-14-12-22(13-15-23)34-17-19-8-5-4-6-9-19/h4-16H,17-18H2,1-3H3,(H,28,33)(H,29,31)(H,30,32). The first kappa shape index (κ1) is 26.1. The van der Waals surface area contributed by atoms with Gasteiger partial charge >= 0.3 is 6.09 Å². The lowest BCUT2D eigenvalue weighted by Gasteiger charge is -2.19. The van der Waals surface area contributed by atoms with E-state index in [4.69, 9.17) is 14.2 Å². The summed E-state index contributed by atoms with van der Waals surface area (Å²) in [5.74, 6) is 0.0441. The van der Waals surface area contributed by atoms with E-state index in [0.717, 1.165) is 5.56 Å². The van der Waals surface area contributed by atoms with Gasteiger partial charge in [-0.3, -0.25) is 25.8 Å². The summed E-state index contributed by atoms with van der Waals surface area (Å²) in [6.07, 6.45) is -0.638. The third-order valence-electron chi connectivity index (χ3n) is 4.53. The predicted octanol–water partition coefficient (Wildman–Crippen LogP) is 4.45. The van der Waals surface area contributed by atoms with Crippen LogP contribution in [0.25, 0.3) is 0 Å². The molecule has 0 unspecified atom stereocenters. The Labute approximate surface area is 209 Å². The number of hydrogen-bond donors (Lipinski definition) is 3. The van der Waals surface area contributed by atoms with Crippen LogP contribution in [0.2, 0.25) is 0 Å². The molecule has 0 aromatic heterocycles. The van der Waals surface area contributed by atoms with Gasteiger partial charge in [0.1, 0.15) is 23.7 Å². The molecule has 3 N–H and O–H groups in total. The number of amides is 3. The first-order chi connectivity index (χ1) is 17.2. The maximum Gasteiger partial charge on any atom is 0.412 e. The maximum atomic E-state index is 12.4. The molecular weight excluding hydrogens is 462 g/mol. The quantitative estimate of drug-likeness (QED) is 0.401. The van der Waals surface area contributed by atoms with E-state index in [1.165, 1.54) is 6.07 Å². The summed E-state index contributed by atoms with van der Waals surface area (Å²) in [5, 5.41) is 2.56. The van der Waals surface area contributed by atoms with Crippen molar-refractivity contribution in [2.75, 3.05) is 11.9 Å². The van der Waals surface area contributed by atoms with Crippen molar-refractivity contribution in [1.82, 2.24) is 10.9 Å². The van der Waals surface area contributed by atoms with Crippen LogP contribution in [0, 0.1) is 0 Å². The van der Waals surface area contributed by atoms with Gasteiger partial charge in [0.2, 0.25) is 0 Å². The number of ether oxygens (including phenoxy) is 3. The average Bonchev–Trinajstić information content (AvgIpc) is 2.85. The van der Waals surface area contributed by atoms with Gasteiger partial charge < -0.3 is 14.2 Å². The Morgan fingerprint density at radius 2 is 1.44 bits per heavy atom. The molecule has 0 heterocycles. The highest BCUT2D eigenvalue weighted by Gasteiger charge is 2.17. The molecule has 3 aromatic rings. The molecule has 3 aromatic carbocycles. The van der Waals surface area contributed by atoms with Crippen molar-refractivity contribution in [2.45, 2.75) is 33.0 Å². The number of carbonyl (C=O) groups is 3. The van der Waals surface area contributed by atoms with Crippen LogP contribution in [0.15, 0.2) is 78.9 Å². The number of hydrogen-bond acceptors (Lipinski definition) is 6. The fourth-order valence-corrected chi connectivity index (χ4v) is 2.92. The molecule has 0 radical (unpaired) electrons. The molecule has 0 spiro atoms. The van der Waals surface area contributed by atoms with Crippen LogP contribution in [-0.2, 0) is 16.1 Å². The third-order valence-corrected chi connectivity index (χ3v) is 4.53. The van der Waals surface area contributed by atoms with Crippen molar-refractivity contribution in [3.05, 3.63) is 90.0 Å². The fourth-order valence-electron chi connectivity index (χ4n) is 2.92. The lowest BCUT2D eigenvalue weighted by Crippen LogP contribution is -2.43. The first-order valence-electron chi connectivity index (χ1n) is 11.3. The Balaban J connectivity index is 1.41. The van der Waals surface area contributed by atoms with E-state index in [9.17, 15) is 14.4 Å². The third kappa shape index (κ3) is 9.02. The maximum absolute atomic E-state index is 12.4. The average molecular weight is 492 g/mol. The van der Waals surface area contributed by atoms with Gasteiger partial charge in [-0.2, -0.15) is 0 Å². The lowest BCUT2D eigenvalue weighted by molar-refractivity contribution is -0.123. The Bertz CT molecular complexity index is 1170. The van der Waals surface area contributed by atoms with E-state index in [1.807, 2.05) is 30.3 Å². The zero-order valence-electron chi connectivity index (χ0n) is 20.4. The van der Waals surface area contributed by atoms with Crippen molar-refractivity contribution in [2.24, 2.45) is 0 Å². The summed E-state index contributed by atoms with van der Waals surface area (Å²) in [7, 11) is 0. The van der Waals surface area contributed by atoms with E-state index < -0.39 is 23.5 Å². The van der Waals surface area contributed by atoms with Gasteiger partial charge in [0.05, 0.1) is 0 Å². The molecule has 0 bridgehead atoms. The Morgan fingerprint density at radius 3 is 2.11 bits per heavy atom. The second kappa shape index (κ2) is 12.3. The molecule has 9 heteroatoms. The van der Waals surface area contributed by atoms with Crippen LogP contribution in [0.5, 0.6) is 11.5 Å². The molecule has 0 aliphatic heterocycles. The molecule has 0 saturated carbocycles. The largest absolute Gasteiger partial charge is 0.489 e. The molecule has 3 rings (SSSR count). The number of benzene rings is 3. The van der Waals surface area contributed by atoms with E-state index in [2.05, 4.69) is 16.2 Å². The number of hydrazine groups is 1. The predicted molar refractivity (Wildman–Crippen MR) is 135 cm³/mol. The van der Waals surface area contributed by atoms with E-state index in [0.29, 0.717) is 23.8 Å². The molecule has 36 heavy (non-hydrogen) atoms. The summed E-state index contributed by atoms with van der Waals surface area (Å²) < 4.78 is 16.4. The van der Waals surface area contributed by atoms with E-state index in [1.54, 1.807) is 63.2 Å². The molecule has 188 valence electrons. The van der Waals surface area contributed by atoms with E-state index in [-0.39, 0.29) is 12.2 Å². The van der Waals surface area contributed by atoms with Crippen LogP contribution in [0.3, 0.4) is 0 Å². The van der Waals surface area contributed by atoms with Crippen molar-refractivity contribution in [1.29, 1.82) is 0 Å².